The molecule has 0 amide bonds. The molecule has 1 saturated heterocycles. The number of carbonyl (C=O) groups is 1. The summed E-state index contributed by atoms with van der Waals surface area (Å²) in [6, 6.07) is 13.8. The van der Waals surface area contributed by atoms with Gasteiger partial charge >= 0.3 is 5.97 Å². The van der Waals surface area contributed by atoms with E-state index >= 15 is 0 Å². The average Bonchev–Trinajstić information content (AvgIpc) is 3.46. The van der Waals surface area contributed by atoms with Gasteiger partial charge in [0.25, 0.3) is 0 Å². The SMILES string of the molecule is C=CCOC1(C)CCN(c2c(C(OC(C)(C)C)C(=O)O)c(C)nc3cc(-c4ccc(C)c(-c5c(Cl)cccc5OC(C)CC=C)c4)nn23)CC1. The first-order chi connectivity index (χ1) is 23.6. The summed E-state index contributed by atoms with van der Waals surface area (Å²) < 4.78 is 20.4. The molecule has 3 heterocycles. The van der Waals surface area contributed by atoms with Crippen molar-refractivity contribution >= 4 is 29.0 Å². The van der Waals surface area contributed by atoms with Crippen LogP contribution >= 0.6 is 11.6 Å². The molecule has 0 saturated carbocycles. The number of aromatic nitrogens is 3. The molecule has 2 aromatic carbocycles. The summed E-state index contributed by atoms with van der Waals surface area (Å²) in [7, 11) is 0. The van der Waals surface area contributed by atoms with Crippen LogP contribution in [0, 0.1) is 13.8 Å². The van der Waals surface area contributed by atoms with Crippen LogP contribution in [0.4, 0.5) is 5.82 Å². The molecule has 0 bridgehead atoms. The fraction of sp³-hybridized carbons (Fsp3) is 0.425. The molecular formula is C40H49ClN4O5. The van der Waals surface area contributed by atoms with Gasteiger partial charge in [0.2, 0.25) is 0 Å². The predicted molar refractivity (Wildman–Crippen MR) is 200 cm³/mol. The number of hydrogen-bond acceptors (Lipinski definition) is 7. The van der Waals surface area contributed by atoms with Crippen LogP contribution in [0.3, 0.4) is 0 Å². The molecule has 9 nitrogen and oxygen atoms in total. The van der Waals surface area contributed by atoms with E-state index in [1.54, 1.807) is 10.6 Å². The molecule has 0 spiro atoms. The van der Waals surface area contributed by atoms with E-state index in [9.17, 15) is 9.90 Å². The van der Waals surface area contributed by atoms with Crippen LogP contribution in [0.2, 0.25) is 5.02 Å². The Morgan fingerprint density at radius 3 is 2.48 bits per heavy atom. The van der Waals surface area contributed by atoms with Crippen molar-refractivity contribution in [2.45, 2.75) is 91.1 Å². The summed E-state index contributed by atoms with van der Waals surface area (Å²) in [5.74, 6) is 0.267. The maximum atomic E-state index is 12.9. The number of carboxylic acids is 1. The van der Waals surface area contributed by atoms with E-state index in [2.05, 4.69) is 31.0 Å². The maximum Gasteiger partial charge on any atom is 0.337 e. The van der Waals surface area contributed by atoms with Crippen molar-refractivity contribution in [2.75, 3.05) is 24.6 Å². The summed E-state index contributed by atoms with van der Waals surface area (Å²) in [6.45, 7) is 22.9. The lowest BCUT2D eigenvalue weighted by Crippen LogP contribution is -2.45. The highest BCUT2D eigenvalue weighted by Crippen LogP contribution is 2.42. The third-order valence-corrected chi connectivity index (χ3v) is 9.35. The molecule has 0 radical (unpaired) electrons. The van der Waals surface area contributed by atoms with E-state index in [-0.39, 0.29) is 11.7 Å². The third kappa shape index (κ3) is 8.06. The van der Waals surface area contributed by atoms with Crippen molar-refractivity contribution in [2.24, 2.45) is 0 Å². The van der Waals surface area contributed by atoms with Crippen LogP contribution in [-0.2, 0) is 14.3 Å². The number of rotatable bonds is 13. The van der Waals surface area contributed by atoms with Crippen molar-refractivity contribution in [3.05, 3.63) is 89.6 Å². The van der Waals surface area contributed by atoms with Gasteiger partial charge in [0.05, 0.1) is 40.2 Å². The molecule has 1 aliphatic heterocycles. The zero-order chi connectivity index (χ0) is 36.4. The Morgan fingerprint density at radius 2 is 1.84 bits per heavy atom. The minimum Gasteiger partial charge on any atom is -0.490 e. The van der Waals surface area contributed by atoms with Crippen LogP contribution in [-0.4, -0.2) is 62.7 Å². The number of fused-ring (bicyclic) bond motifs is 1. The van der Waals surface area contributed by atoms with E-state index in [0.29, 0.717) is 65.3 Å². The molecule has 5 rings (SSSR count). The molecule has 2 aromatic heterocycles. The van der Waals surface area contributed by atoms with Gasteiger partial charge in [0.1, 0.15) is 11.6 Å². The van der Waals surface area contributed by atoms with Crippen LogP contribution in [0.15, 0.2) is 67.8 Å². The molecule has 0 aliphatic carbocycles. The van der Waals surface area contributed by atoms with Gasteiger partial charge in [-0.05, 0) is 90.6 Å². The Labute approximate surface area is 300 Å². The first-order valence-electron chi connectivity index (χ1n) is 17.1. The lowest BCUT2D eigenvalue weighted by Gasteiger charge is -2.41. The largest absolute Gasteiger partial charge is 0.490 e. The van der Waals surface area contributed by atoms with Crippen LogP contribution < -0.4 is 9.64 Å². The van der Waals surface area contributed by atoms with Gasteiger partial charge in [0, 0.05) is 42.4 Å². The van der Waals surface area contributed by atoms with Crippen molar-refractivity contribution in [3.8, 4) is 28.1 Å². The molecule has 1 fully saturated rings. The fourth-order valence-corrected chi connectivity index (χ4v) is 6.73. The molecule has 1 aliphatic rings. The van der Waals surface area contributed by atoms with Gasteiger partial charge in [-0.2, -0.15) is 9.61 Å². The van der Waals surface area contributed by atoms with Gasteiger partial charge in [-0.1, -0.05) is 42.0 Å². The molecule has 2 atom stereocenters. The second-order valence-electron chi connectivity index (χ2n) is 14.3. The molecule has 1 N–H and O–H groups in total. The third-order valence-electron chi connectivity index (χ3n) is 9.04. The summed E-state index contributed by atoms with van der Waals surface area (Å²) in [6.07, 6.45) is 4.45. The fourth-order valence-electron chi connectivity index (χ4n) is 6.46. The Balaban J connectivity index is 1.66. The highest BCUT2D eigenvalue weighted by atomic mass is 35.5. The van der Waals surface area contributed by atoms with Gasteiger partial charge in [-0.25, -0.2) is 9.78 Å². The Morgan fingerprint density at radius 1 is 1.12 bits per heavy atom. The van der Waals surface area contributed by atoms with E-state index in [0.717, 1.165) is 35.1 Å². The number of halogens is 1. The highest BCUT2D eigenvalue weighted by molar-refractivity contribution is 6.33. The van der Waals surface area contributed by atoms with E-state index in [1.165, 1.54) is 0 Å². The molecule has 50 heavy (non-hydrogen) atoms. The molecule has 2 unspecified atom stereocenters. The minimum absolute atomic E-state index is 0.0772. The van der Waals surface area contributed by atoms with E-state index in [4.69, 9.17) is 35.9 Å². The predicted octanol–water partition coefficient (Wildman–Crippen LogP) is 9.18. The molecular weight excluding hydrogens is 652 g/mol. The van der Waals surface area contributed by atoms with Crippen LogP contribution in [0.1, 0.15) is 76.8 Å². The smallest absolute Gasteiger partial charge is 0.337 e. The van der Waals surface area contributed by atoms with Gasteiger partial charge in [0.15, 0.2) is 11.8 Å². The first-order valence-corrected chi connectivity index (χ1v) is 17.5. The molecule has 266 valence electrons. The molecule has 10 heteroatoms. The number of piperidine rings is 1. The van der Waals surface area contributed by atoms with Gasteiger partial charge in [-0.15, -0.1) is 13.2 Å². The van der Waals surface area contributed by atoms with Gasteiger partial charge in [-0.3, -0.25) is 0 Å². The standard InChI is InChI=1S/C40H49ClN4O5/c1-10-13-26(4)49-32-15-12-14-30(41)35(32)29-23-28(17-16-25(29)3)31-24-33-42-27(5)34(36(38(46)47)50-39(6,7)8)37(45(33)43-31)44-20-18-40(9,19-21-44)48-22-11-2/h10-12,14-17,23-24,26,36H,1-2,13,18-22H2,3-9H3,(H,46,47). The summed E-state index contributed by atoms with van der Waals surface area (Å²) in [5, 5.41) is 16.2. The number of anilines is 1. The highest BCUT2D eigenvalue weighted by Gasteiger charge is 2.37. The lowest BCUT2D eigenvalue weighted by atomic mass is 9.92. The number of ether oxygens (including phenoxy) is 3. The van der Waals surface area contributed by atoms with E-state index in [1.807, 2.05) is 84.0 Å². The van der Waals surface area contributed by atoms with Crippen molar-refractivity contribution in [3.63, 3.8) is 0 Å². The summed E-state index contributed by atoms with van der Waals surface area (Å²) >= 11 is 6.84. The Kier molecular flexibility index (Phi) is 11.1. The van der Waals surface area contributed by atoms with Crippen LogP contribution in [0.5, 0.6) is 5.75 Å². The zero-order valence-electron chi connectivity index (χ0n) is 30.3. The summed E-state index contributed by atoms with van der Waals surface area (Å²) in [4.78, 5) is 19.9. The van der Waals surface area contributed by atoms with Crippen molar-refractivity contribution < 1.29 is 24.1 Å². The number of benzene rings is 2. The average molecular weight is 701 g/mol. The Hall–Kier alpha value is -4.18. The normalized spacial score (nSPS) is 15.9. The first kappa shape index (κ1) is 37.1. The summed E-state index contributed by atoms with van der Waals surface area (Å²) in [5.41, 5.74) is 4.93. The minimum atomic E-state index is -1.26. The van der Waals surface area contributed by atoms with Gasteiger partial charge < -0.3 is 24.2 Å². The maximum absolute atomic E-state index is 12.9. The molecule has 4 aromatic rings. The number of carboxylic acid groups (broad SMARTS) is 1. The number of aliphatic carboxylic acids is 1. The van der Waals surface area contributed by atoms with E-state index < -0.39 is 17.7 Å². The number of aryl methyl sites for hydroxylation is 2. The quantitative estimate of drug-likeness (QED) is 0.138. The zero-order valence-corrected chi connectivity index (χ0v) is 31.0. The topological polar surface area (TPSA) is 98.4 Å². The Bertz CT molecular complexity index is 1890. The second kappa shape index (κ2) is 15.0. The lowest BCUT2D eigenvalue weighted by molar-refractivity contribution is -0.160. The van der Waals surface area contributed by atoms with Crippen LogP contribution in [0.25, 0.3) is 28.0 Å². The van der Waals surface area contributed by atoms with Crippen molar-refractivity contribution in [1.29, 1.82) is 0 Å². The monoisotopic (exact) mass is 700 g/mol. The number of nitrogens with zero attached hydrogens (tertiary/aromatic N) is 4. The number of hydrogen-bond donors (Lipinski definition) is 1. The second-order valence-corrected chi connectivity index (χ2v) is 14.7. The van der Waals surface area contributed by atoms with Crippen molar-refractivity contribution in [1.82, 2.24) is 14.6 Å².